The number of nitrogens with zero attached hydrogens (tertiary/aromatic N) is 2. The Kier molecular flexibility index (Phi) is 4.26. The van der Waals surface area contributed by atoms with Crippen LogP contribution in [0.1, 0.15) is 10.4 Å². The van der Waals surface area contributed by atoms with Crippen molar-refractivity contribution < 1.29 is 0 Å². The minimum Gasteiger partial charge on any atom is -0.280 e. The van der Waals surface area contributed by atoms with Crippen LogP contribution in [-0.4, -0.2) is 9.13 Å². The molecule has 0 atom stereocenters. The molecule has 0 N–H and O–H groups in total. The van der Waals surface area contributed by atoms with E-state index >= 15 is 0 Å². The second-order valence-corrected chi connectivity index (χ2v) is 7.72. The molecule has 4 nitrogen and oxygen atoms in total. The fourth-order valence-electron chi connectivity index (χ4n) is 3.02. The third-order valence-electron chi connectivity index (χ3n) is 4.19. The van der Waals surface area contributed by atoms with Gasteiger partial charge < -0.3 is 0 Å². The molecule has 0 saturated heterocycles. The lowest BCUT2D eigenvalue weighted by Gasteiger charge is -2.12. The topological polar surface area (TPSA) is 44.0 Å². The summed E-state index contributed by atoms with van der Waals surface area (Å²) in [5.74, 6) is 0. The molecule has 0 amide bonds. The van der Waals surface area contributed by atoms with E-state index in [0.29, 0.717) is 27.5 Å². The average molecular weight is 383 g/mol. The van der Waals surface area contributed by atoms with Crippen molar-refractivity contribution in [1.29, 1.82) is 0 Å². The average Bonchev–Trinajstić information content (AvgIpc) is 3.02. The van der Waals surface area contributed by atoms with Gasteiger partial charge in [-0.1, -0.05) is 48.0 Å². The van der Waals surface area contributed by atoms with Gasteiger partial charge in [0.15, 0.2) is 0 Å². The van der Waals surface area contributed by atoms with Gasteiger partial charge in [0.05, 0.1) is 17.6 Å². The van der Waals surface area contributed by atoms with Crippen LogP contribution in [0.2, 0.25) is 5.02 Å². The van der Waals surface area contributed by atoms with Gasteiger partial charge in [-0.2, -0.15) is 0 Å². The fourth-order valence-corrected chi connectivity index (χ4v) is 4.19. The third kappa shape index (κ3) is 2.89. The molecule has 0 radical (unpaired) electrons. The lowest BCUT2D eigenvalue weighted by Crippen LogP contribution is -2.38. The molecule has 0 aliphatic heterocycles. The smallest absolute Gasteiger partial charge is 0.280 e. The number of aromatic nitrogens is 2. The van der Waals surface area contributed by atoms with E-state index in [9.17, 15) is 9.59 Å². The first-order chi connectivity index (χ1) is 12.5. The predicted molar refractivity (Wildman–Crippen MR) is 107 cm³/mol. The molecule has 2 aromatic carbocycles. The van der Waals surface area contributed by atoms with Crippen LogP contribution in [-0.2, 0) is 6.54 Å². The van der Waals surface area contributed by atoms with Gasteiger partial charge >= 0.3 is 5.69 Å². The molecule has 130 valence electrons. The molecule has 0 spiro atoms. The summed E-state index contributed by atoms with van der Waals surface area (Å²) in [7, 11) is 0. The number of aryl methyl sites for hydroxylation is 1. The van der Waals surface area contributed by atoms with Crippen molar-refractivity contribution in [2.75, 3.05) is 0 Å². The maximum atomic E-state index is 13.2. The van der Waals surface area contributed by atoms with E-state index in [0.717, 1.165) is 10.4 Å². The largest absolute Gasteiger partial charge is 0.337 e. The Labute approximate surface area is 158 Å². The second-order valence-electron chi connectivity index (χ2n) is 6.05. The van der Waals surface area contributed by atoms with Gasteiger partial charge in [-0.15, -0.1) is 11.3 Å². The first kappa shape index (κ1) is 16.8. The summed E-state index contributed by atoms with van der Waals surface area (Å²) in [5.41, 5.74) is 0.787. The van der Waals surface area contributed by atoms with Crippen molar-refractivity contribution in [3.05, 3.63) is 97.0 Å². The highest BCUT2D eigenvalue weighted by atomic mass is 35.5. The number of fused-ring (bicyclic) bond motifs is 1. The minimum absolute atomic E-state index is 0.319. The van der Waals surface area contributed by atoms with E-state index in [-0.39, 0.29) is 11.2 Å². The molecule has 6 heteroatoms. The molecule has 2 heterocycles. The van der Waals surface area contributed by atoms with Gasteiger partial charge in [-0.05, 0) is 36.8 Å². The zero-order chi connectivity index (χ0) is 18.3. The molecule has 0 aliphatic rings. The van der Waals surface area contributed by atoms with Crippen LogP contribution in [0.15, 0.2) is 70.3 Å². The van der Waals surface area contributed by atoms with E-state index in [1.165, 1.54) is 15.9 Å². The number of thiophene rings is 1. The molecule has 4 rings (SSSR count). The number of hydrogen-bond acceptors (Lipinski definition) is 3. The molecule has 0 saturated carbocycles. The van der Waals surface area contributed by atoms with Crippen molar-refractivity contribution in [2.45, 2.75) is 13.5 Å². The molecule has 2 aromatic heterocycles. The number of benzene rings is 2. The molecule has 0 fully saturated rings. The maximum absolute atomic E-state index is 13.2. The summed E-state index contributed by atoms with van der Waals surface area (Å²) in [5, 5.41) is 1.02. The van der Waals surface area contributed by atoms with Crippen LogP contribution in [0.3, 0.4) is 0 Å². The Hall–Kier alpha value is -2.63. The Morgan fingerprint density at radius 1 is 1.00 bits per heavy atom. The zero-order valence-corrected chi connectivity index (χ0v) is 15.6. The highest BCUT2D eigenvalue weighted by Crippen LogP contribution is 2.23. The number of halogens is 1. The third-order valence-corrected chi connectivity index (χ3v) is 5.49. The minimum atomic E-state index is -0.365. The van der Waals surface area contributed by atoms with Gasteiger partial charge in [0.25, 0.3) is 5.56 Å². The molecule has 26 heavy (non-hydrogen) atoms. The van der Waals surface area contributed by atoms with Gasteiger partial charge in [-0.3, -0.25) is 9.36 Å². The Morgan fingerprint density at radius 2 is 1.77 bits per heavy atom. The quantitative estimate of drug-likeness (QED) is 0.532. The van der Waals surface area contributed by atoms with Crippen LogP contribution in [0.5, 0.6) is 0 Å². The summed E-state index contributed by atoms with van der Waals surface area (Å²) in [6.45, 7) is 2.34. The molecular formula is C20H15ClN2O2S. The first-order valence-electron chi connectivity index (χ1n) is 8.10. The van der Waals surface area contributed by atoms with Crippen molar-refractivity contribution >= 4 is 33.2 Å². The van der Waals surface area contributed by atoms with Crippen molar-refractivity contribution in [3.63, 3.8) is 0 Å². The molecule has 0 bridgehead atoms. The van der Waals surface area contributed by atoms with Crippen LogP contribution in [0, 0.1) is 6.92 Å². The zero-order valence-electron chi connectivity index (χ0n) is 14.0. The van der Waals surface area contributed by atoms with E-state index in [1.807, 2.05) is 43.3 Å². The molecule has 0 unspecified atom stereocenters. The van der Waals surface area contributed by atoms with Gasteiger partial charge in [0.1, 0.15) is 4.83 Å². The SMILES string of the molecule is Cc1cc2c(=O)n(-c3cccc(Cl)c3)c(=O)n(Cc3ccccc3)c2s1. The highest BCUT2D eigenvalue weighted by molar-refractivity contribution is 7.18. The Balaban J connectivity index is 2.04. The van der Waals surface area contributed by atoms with Crippen LogP contribution < -0.4 is 11.2 Å². The van der Waals surface area contributed by atoms with Crippen LogP contribution in [0.25, 0.3) is 15.9 Å². The van der Waals surface area contributed by atoms with Gasteiger partial charge in [0, 0.05) is 9.90 Å². The summed E-state index contributed by atoms with van der Waals surface area (Å²) in [6, 6.07) is 18.4. The monoisotopic (exact) mass is 382 g/mol. The summed E-state index contributed by atoms with van der Waals surface area (Å²) in [4.78, 5) is 27.9. The number of rotatable bonds is 3. The predicted octanol–water partition coefficient (Wildman–Crippen LogP) is 4.22. The standard InChI is InChI=1S/C20H15ClN2O2S/c1-13-10-17-18(24)23(16-9-5-8-15(21)11-16)20(25)22(19(17)26-13)12-14-6-3-2-4-7-14/h2-11H,12H2,1H3. The molecular weight excluding hydrogens is 368 g/mol. The van der Waals surface area contributed by atoms with Crippen molar-refractivity contribution in [3.8, 4) is 5.69 Å². The van der Waals surface area contributed by atoms with E-state index in [4.69, 9.17) is 11.6 Å². The summed E-state index contributed by atoms with van der Waals surface area (Å²) < 4.78 is 2.86. The maximum Gasteiger partial charge on any atom is 0.337 e. The van der Waals surface area contributed by atoms with E-state index < -0.39 is 0 Å². The number of hydrogen-bond donors (Lipinski definition) is 0. The van der Waals surface area contributed by atoms with Crippen LogP contribution in [0.4, 0.5) is 0 Å². The van der Waals surface area contributed by atoms with Crippen molar-refractivity contribution in [1.82, 2.24) is 9.13 Å². The fraction of sp³-hybridized carbons (Fsp3) is 0.100. The summed E-state index contributed by atoms with van der Waals surface area (Å²) >= 11 is 7.53. The molecule has 0 aliphatic carbocycles. The van der Waals surface area contributed by atoms with E-state index in [1.54, 1.807) is 28.8 Å². The normalized spacial score (nSPS) is 11.2. The lowest BCUT2D eigenvalue weighted by molar-refractivity contribution is 0.719. The summed E-state index contributed by atoms with van der Waals surface area (Å²) in [6.07, 6.45) is 0. The second kappa shape index (κ2) is 6.59. The van der Waals surface area contributed by atoms with Crippen molar-refractivity contribution in [2.24, 2.45) is 0 Å². The highest BCUT2D eigenvalue weighted by Gasteiger charge is 2.17. The van der Waals surface area contributed by atoms with Gasteiger partial charge in [0.2, 0.25) is 0 Å². The van der Waals surface area contributed by atoms with Gasteiger partial charge in [-0.25, -0.2) is 9.36 Å². The Morgan fingerprint density at radius 3 is 2.50 bits per heavy atom. The van der Waals surface area contributed by atoms with E-state index in [2.05, 4.69) is 0 Å². The Bertz CT molecular complexity index is 1220. The van der Waals surface area contributed by atoms with Crippen LogP contribution >= 0.6 is 22.9 Å². The molecule has 4 aromatic rings. The first-order valence-corrected chi connectivity index (χ1v) is 9.30. The lowest BCUT2D eigenvalue weighted by atomic mass is 10.2.